The number of nitrogens with one attached hydrogen (secondary N) is 4. The molecule has 3 aliphatic heterocycles. The minimum atomic E-state index is -0.700. The van der Waals surface area contributed by atoms with Crippen molar-refractivity contribution < 1.29 is 28.7 Å². The maximum Gasteiger partial charge on any atom is 0.407 e. The molecular weight excluding hydrogens is 797 g/mol. The molecule has 0 radical (unpaired) electrons. The standard InChI is InChI=1S/C49H54N8O6/c1-27(2)40(54-48(61)62-4)46(59)56-20-8-10-37(56)43-50-25-36(52-43)30-14-16-32-31(22-30)26-63-39-24-33-29(23-34(32)39)15-17-35-41(33)53-44(51-35)38-11-9-21-57(38)47(60)42(55-45(58)28-12-13-28)49(3)18-6-5-7-19-49/h5-7,14-18,22-25,27-28,37-38,40,42H,8-13,19-21,26H2,1-4H3,(H,50,52)(H,51,53)(H,54,61)(H,55,58)/t37-,38-,40-,42-,49?/m0/s1. The predicted molar refractivity (Wildman–Crippen MR) is 238 cm³/mol. The quantitative estimate of drug-likeness (QED) is 0.110. The number of rotatable bonds is 10. The second kappa shape index (κ2) is 16.0. The summed E-state index contributed by atoms with van der Waals surface area (Å²) >= 11 is 0. The van der Waals surface area contributed by atoms with E-state index >= 15 is 0 Å². The van der Waals surface area contributed by atoms with Crippen LogP contribution in [0.15, 0.2) is 73.0 Å². The molecule has 326 valence electrons. The molecule has 4 N–H and O–H groups in total. The first-order valence-electron chi connectivity index (χ1n) is 22.4. The SMILES string of the molecule is COC(=O)N[C@H](C(=O)N1CCC[C@H]1c1ncc(-c2ccc3c(c2)COc2cc4c(ccc5nc([C@@H]6CCCN6C(=O)[C@H](NC(=O)C6CC6)C6(C)C=CC=CC6)[nH]c54)cc2-3)[nH]1)C(C)C. The van der Waals surface area contributed by atoms with Crippen molar-refractivity contribution in [2.24, 2.45) is 17.3 Å². The maximum absolute atomic E-state index is 14.5. The third-order valence-corrected chi connectivity index (χ3v) is 13.8. The van der Waals surface area contributed by atoms with Crippen LogP contribution < -0.4 is 15.4 Å². The Morgan fingerprint density at radius 1 is 0.889 bits per heavy atom. The molecule has 0 spiro atoms. The Labute approximate surface area is 365 Å². The topological polar surface area (TPSA) is 175 Å². The average Bonchev–Trinajstić information content (AvgIpc) is 3.70. The van der Waals surface area contributed by atoms with E-state index in [1.807, 2.05) is 48.1 Å². The van der Waals surface area contributed by atoms with Gasteiger partial charge in [0.15, 0.2) is 0 Å². The molecule has 14 nitrogen and oxygen atoms in total. The van der Waals surface area contributed by atoms with E-state index in [4.69, 9.17) is 19.4 Å². The van der Waals surface area contributed by atoms with Gasteiger partial charge in [0.05, 0.1) is 42.1 Å². The molecule has 10 rings (SSSR count). The number of carbonyl (C=O) groups excluding carboxylic acids is 4. The molecule has 2 aromatic heterocycles. The van der Waals surface area contributed by atoms with Crippen molar-refractivity contribution in [2.45, 2.75) is 96.5 Å². The fourth-order valence-electron chi connectivity index (χ4n) is 10.0. The molecule has 5 heterocycles. The molecular formula is C49H54N8O6. The number of carbonyl (C=O) groups is 4. The van der Waals surface area contributed by atoms with Crippen LogP contribution in [0.4, 0.5) is 4.79 Å². The van der Waals surface area contributed by atoms with Gasteiger partial charge in [0, 0.05) is 35.4 Å². The number of benzene rings is 3. The molecule has 5 aromatic rings. The summed E-state index contributed by atoms with van der Waals surface area (Å²) in [7, 11) is 1.29. The Bertz CT molecular complexity index is 2710. The molecule has 3 aromatic carbocycles. The van der Waals surface area contributed by atoms with Crippen molar-refractivity contribution in [1.29, 1.82) is 0 Å². The van der Waals surface area contributed by atoms with Gasteiger partial charge in [0.2, 0.25) is 17.7 Å². The first-order chi connectivity index (χ1) is 30.5. The van der Waals surface area contributed by atoms with Crippen molar-refractivity contribution in [3.8, 4) is 28.1 Å². The van der Waals surface area contributed by atoms with E-state index in [-0.39, 0.29) is 41.6 Å². The van der Waals surface area contributed by atoms with Crippen LogP contribution in [0, 0.1) is 17.3 Å². The van der Waals surface area contributed by atoms with Gasteiger partial charge >= 0.3 is 6.09 Å². The number of ether oxygens (including phenoxy) is 2. The van der Waals surface area contributed by atoms with Crippen LogP contribution in [0.1, 0.15) is 95.0 Å². The normalized spacial score (nSPS) is 22.5. The van der Waals surface area contributed by atoms with Crippen LogP contribution in [0.25, 0.3) is 44.2 Å². The molecule has 3 fully saturated rings. The zero-order valence-corrected chi connectivity index (χ0v) is 36.2. The van der Waals surface area contributed by atoms with Crippen LogP contribution in [-0.2, 0) is 25.7 Å². The molecule has 1 saturated carbocycles. The lowest BCUT2D eigenvalue weighted by atomic mass is 9.76. The van der Waals surface area contributed by atoms with E-state index in [0.717, 1.165) is 99.9 Å². The Kier molecular flexibility index (Phi) is 10.3. The molecule has 5 atom stereocenters. The van der Waals surface area contributed by atoms with Crippen molar-refractivity contribution in [3.05, 3.63) is 90.2 Å². The van der Waals surface area contributed by atoms with Gasteiger partial charge in [-0.1, -0.05) is 63.3 Å². The number of methoxy groups -OCH3 is 1. The van der Waals surface area contributed by atoms with E-state index in [9.17, 15) is 19.2 Å². The third kappa shape index (κ3) is 7.42. The second-order valence-electron chi connectivity index (χ2n) is 18.4. The third-order valence-electron chi connectivity index (χ3n) is 13.8. The highest BCUT2D eigenvalue weighted by molar-refractivity contribution is 6.07. The van der Waals surface area contributed by atoms with Crippen molar-refractivity contribution in [3.63, 3.8) is 0 Å². The van der Waals surface area contributed by atoms with Gasteiger partial charge in [-0.3, -0.25) is 14.4 Å². The average molecular weight is 851 g/mol. The van der Waals surface area contributed by atoms with Gasteiger partial charge < -0.3 is 39.9 Å². The Balaban J connectivity index is 0.892. The highest BCUT2D eigenvalue weighted by Crippen LogP contribution is 2.44. The first kappa shape index (κ1) is 40.6. The summed E-state index contributed by atoms with van der Waals surface area (Å²) in [6, 6.07) is 12.9. The van der Waals surface area contributed by atoms with Crippen LogP contribution in [0.2, 0.25) is 0 Å². The van der Waals surface area contributed by atoms with Gasteiger partial charge in [0.1, 0.15) is 36.1 Å². The molecule has 2 aliphatic carbocycles. The lowest BCUT2D eigenvalue weighted by molar-refractivity contribution is -0.140. The largest absolute Gasteiger partial charge is 0.488 e. The lowest BCUT2D eigenvalue weighted by Crippen LogP contribution is -2.56. The highest BCUT2D eigenvalue weighted by Gasteiger charge is 2.45. The van der Waals surface area contributed by atoms with E-state index in [1.54, 1.807) is 0 Å². The number of likely N-dealkylation sites (tertiary alicyclic amines) is 2. The van der Waals surface area contributed by atoms with Gasteiger partial charge in [0.25, 0.3) is 0 Å². The fraction of sp³-hybridized carbons (Fsp3) is 0.429. The van der Waals surface area contributed by atoms with Crippen LogP contribution in [0.3, 0.4) is 0 Å². The Hall–Kier alpha value is -6.44. The fourth-order valence-corrected chi connectivity index (χ4v) is 10.0. The number of amides is 4. The maximum atomic E-state index is 14.5. The summed E-state index contributed by atoms with van der Waals surface area (Å²) in [6.07, 6.45) is 15.0. The van der Waals surface area contributed by atoms with E-state index < -0.39 is 23.6 Å². The van der Waals surface area contributed by atoms with Gasteiger partial charge in [-0.25, -0.2) is 14.8 Å². The molecule has 14 heteroatoms. The van der Waals surface area contributed by atoms with Crippen LogP contribution in [0.5, 0.6) is 5.75 Å². The second-order valence-corrected chi connectivity index (χ2v) is 18.4. The van der Waals surface area contributed by atoms with Gasteiger partial charge in [-0.15, -0.1) is 0 Å². The summed E-state index contributed by atoms with van der Waals surface area (Å²) in [5, 5.41) is 7.92. The number of allylic oxidation sites excluding steroid dienone is 3. The Morgan fingerprint density at radius 2 is 1.67 bits per heavy atom. The van der Waals surface area contributed by atoms with Crippen molar-refractivity contribution in [1.82, 2.24) is 40.4 Å². The minimum absolute atomic E-state index is 0.000196. The Morgan fingerprint density at radius 3 is 2.40 bits per heavy atom. The van der Waals surface area contributed by atoms with Crippen molar-refractivity contribution >= 4 is 45.6 Å². The predicted octanol–water partition coefficient (Wildman–Crippen LogP) is 7.79. The molecule has 5 aliphatic rings. The van der Waals surface area contributed by atoms with E-state index in [1.165, 1.54) is 7.11 Å². The number of aromatic nitrogens is 4. The molecule has 4 amide bonds. The van der Waals surface area contributed by atoms with Crippen LogP contribution >= 0.6 is 0 Å². The minimum Gasteiger partial charge on any atom is -0.488 e. The number of fused-ring (bicyclic) bond motifs is 6. The number of nitrogens with zero attached hydrogens (tertiary/aromatic N) is 4. The smallest absolute Gasteiger partial charge is 0.407 e. The number of aromatic amines is 2. The first-order valence-corrected chi connectivity index (χ1v) is 22.4. The number of H-pyrrole nitrogens is 2. The summed E-state index contributed by atoms with van der Waals surface area (Å²) in [5.41, 5.74) is 6.17. The molecule has 63 heavy (non-hydrogen) atoms. The number of alkyl carbamates (subject to hydrolysis) is 1. The number of hydrogen-bond donors (Lipinski definition) is 4. The van der Waals surface area contributed by atoms with Crippen LogP contribution in [-0.4, -0.2) is 85.8 Å². The van der Waals surface area contributed by atoms with E-state index in [0.29, 0.717) is 31.9 Å². The zero-order valence-electron chi connectivity index (χ0n) is 36.2. The lowest BCUT2D eigenvalue weighted by Gasteiger charge is -2.38. The van der Waals surface area contributed by atoms with Crippen molar-refractivity contribution in [2.75, 3.05) is 20.2 Å². The van der Waals surface area contributed by atoms with E-state index in [2.05, 4.69) is 76.1 Å². The van der Waals surface area contributed by atoms with Gasteiger partial charge in [-0.05, 0) is 97.2 Å². The van der Waals surface area contributed by atoms with Gasteiger partial charge in [-0.2, -0.15) is 0 Å². The summed E-state index contributed by atoms with van der Waals surface area (Å²) < 4.78 is 11.3. The molecule has 1 unspecified atom stereocenters. The summed E-state index contributed by atoms with van der Waals surface area (Å²) in [4.78, 5) is 74.1. The highest BCUT2D eigenvalue weighted by atomic mass is 16.5. The molecule has 0 bridgehead atoms. The number of hydrogen-bond acceptors (Lipinski definition) is 8. The summed E-state index contributed by atoms with van der Waals surface area (Å²) in [5.74, 6) is 1.91. The number of imidazole rings is 2. The molecule has 2 saturated heterocycles. The zero-order chi connectivity index (χ0) is 43.6. The monoisotopic (exact) mass is 850 g/mol. The summed E-state index contributed by atoms with van der Waals surface area (Å²) in [6.45, 7) is 7.45.